The first kappa shape index (κ1) is 22.0. The molecule has 0 aliphatic heterocycles. The highest BCUT2D eigenvalue weighted by atomic mass is 16.5. The molecule has 174 valence electrons. The molecule has 0 saturated carbocycles. The Hall–Kier alpha value is -4.79. The molecule has 35 heavy (non-hydrogen) atoms. The molecule has 0 unspecified atom stereocenters. The van der Waals surface area contributed by atoms with E-state index in [1.165, 1.54) is 0 Å². The van der Waals surface area contributed by atoms with Gasteiger partial charge in [0.15, 0.2) is 5.82 Å². The Morgan fingerprint density at radius 2 is 1.74 bits per heavy atom. The molecule has 2 heterocycles. The summed E-state index contributed by atoms with van der Waals surface area (Å²) in [6, 6.07) is 22.8. The highest BCUT2D eigenvalue weighted by Gasteiger charge is 2.20. The van der Waals surface area contributed by atoms with E-state index in [9.17, 15) is 4.79 Å². The van der Waals surface area contributed by atoms with Crippen LogP contribution in [0.5, 0.6) is 5.75 Å². The lowest BCUT2D eigenvalue weighted by Crippen LogP contribution is -2.12. The molecule has 0 saturated heterocycles. The van der Waals surface area contributed by atoms with Gasteiger partial charge in [-0.2, -0.15) is 5.10 Å². The van der Waals surface area contributed by atoms with Gasteiger partial charge in [-0.15, -0.1) is 5.10 Å². The number of aryl methyl sites for hydroxylation is 2. The van der Waals surface area contributed by atoms with E-state index in [1.807, 2.05) is 79.7 Å². The van der Waals surface area contributed by atoms with E-state index in [4.69, 9.17) is 9.84 Å². The van der Waals surface area contributed by atoms with Crippen LogP contribution in [0, 0.1) is 6.92 Å². The Bertz CT molecular complexity index is 1500. The summed E-state index contributed by atoms with van der Waals surface area (Å²) >= 11 is 0. The molecule has 3 aromatic carbocycles. The molecule has 0 atom stereocenters. The van der Waals surface area contributed by atoms with Gasteiger partial charge in [0.1, 0.15) is 11.4 Å². The second kappa shape index (κ2) is 9.22. The first-order chi connectivity index (χ1) is 17.0. The average molecular weight is 466 g/mol. The van der Waals surface area contributed by atoms with Gasteiger partial charge in [0.2, 0.25) is 0 Å². The van der Waals surface area contributed by atoms with Gasteiger partial charge in [0.05, 0.1) is 18.4 Å². The number of ether oxygens (including phenoxy) is 1. The normalized spacial score (nSPS) is 10.8. The minimum Gasteiger partial charge on any atom is -0.497 e. The fraction of sp³-hybridized carbons (Fsp3) is 0.115. The number of aromatic nitrogens is 6. The van der Waals surface area contributed by atoms with Crippen LogP contribution < -0.4 is 10.1 Å². The first-order valence-corrected chi connectivity index (χ1v) is 11.0. The van der Waals surface area contributed by atoms with Crippen molar-refractivity contribution in [2.24, 2.45) is 7.05 Å². The smallest absolute Gasteiger partial charge is 0.259 e. The van der Waals surface area contributed by atoms with Crippen LogP contribution in [0.1, 0.15) is 15.9 Å². The van der Waals surface area contributed by atoms with Crippen LogP contribution in [0.15, 0.2) is 79.0 Å². The van der Waals surface area contributed by atoms with Gasteiger partial charge in [-0.1, -0.05) is 42.0 Å². The second-order valence-corrected chi connectivity index (χ2v) is 8.06. The van der Waals surface area contributed by atoms with E-state index >= 15 is 0 Å². The van der Waals surface area contributed by atoms with E-state index in [0.29, 0.717) is 28.5 Å². The molecule has 9 heteroatoms. The lowest BCUT2D eigenvalue weighted by Gasteiger charge is -2.08. The largest absolute Gasteiger partial charge is 0.497 e. The molecule has 5 aromatic rings. The molecular formula is C26H23N7O2. The maximum absolute atomic E-state index is 13.5. The zero-order valence-corrected chi connectivity index (χ0v) is 19.5. The summed E-state index contributed by atoms with van der Waals surface area (Å²) < 4.78 is 8.67. The molecule has 5 rings (SSSR count). The Balaban J connectivity index is 1.53. The standard InChI is InChI=1S/C26H23N7O2/c1-17-10-12-21(13-11-17)33-16-23(24(29-33)18-6-5-9-22(15-18)35-3)26(34)27-20-8-4-7-19(14-20)25-28-30-31-32(25)2/h4-16H,1-3H3,(H,27,34). The molecule has 0 fully saturated rings. The third-order valence-electron chi connectivity index (χ3n) is 5.60. The van der Waals surface area contributed by atoms with E-state index in [-0.39, 0.29) is 5.91 Å². The van der Waals surface area contributed by atoms with Crippen LogP contribution in [0.4, 0.5) is 5.69 Å². The van der Waals surface area contributed by atoms with Crippen molar-refractivity contribution < 1.29 is 9.53 Å². The van der Waals surface area contributed by atoms with Gasteiger partial charge in [-0.25, -0.2) is 9.36 Å². The average Bonchev–Trinajstić information content (AvgIpc) is 3.51. The summed E-state index contributed by atoms with van der Waals surface area (Å²) in [5.41, 5.74) is 5.17. The highest BCUT2D eigenvalue weighted by Crippen LogP contribution is 2.28. The maximum atomic E-state index is 13.5. The van der Waals surface area contributed by atoms with E-state index in [2.05, 4.69) is 20.8 Å². The third-order valence-corrected chi connectivity index (χ3v) is 5.60. The lowest BCUT2D eigenvalue weighted by atomic mass is 10.1. The Kier molecular flexibility index (Phi) is 5.80. The summed E-state index contributed by atoms with van der Waals surface area (Å²) in [6.45, 7) is 2.03. The fourth-order valence-corrected chi connectivity index (χ4v) is 3.76. The predicted molar refractivity (Wildman–Crippen MR) is 132 cm³/mol. The number of tetrazole rings is 1. The van der Waals surface area contributed by atoms with Gasteiger partial charge in [0, 0.05) is 30.1 Å². The van der Waals surface area contributed by atoms with Crippen molar-refractivity contribution in [2.45, 2.75) is 6.92 Å². The number of carbonyl (C=O) groups excluding carboxylic acids is 1. The molecule has 0 aliphatic carbocycles. The number of hydrogen-bond acceptors (Lipinski definition) is 6. The number of amides is 1. The van der Waals surface area contributed by atoms with Crippen molar-refractivity contribution in [3.8, 4) is 34.1 Å². The molecule has 2 aromatic heterocycles. The summed E-state index contributed by atoms with van der Waals surface area (Å²) in [5, 5.41) is 19.4. The number of nitrogens with one attached hydrogen (secondary N) is 1. The van der Waals surface area contributed by atoms with Crippen molar-refractivity contribution in [3.05, 3.63) is 90.1 Å². The quantitative estimate of drug-likeness (QED) is 0.401. The van der Waals surface area contributed by atoms with Crippen molar-refractivity contribution in [3.63, 3.8) is 0 Å². The van der Waals surface area contributed by atoms with Crippen LogP contribution in [-0.2, 0) is 7.05 Å². The van der Waals surface area contributed by atoms with Gasteiger partial charge in [-0.05, 0) is 53.7 Å². The fourth-order valence-electron chi connectivity index (χ4n) is 3.76. The number of anilines is 1. The number of methoxy groups -OCH3 is 1. The number of rotatable bonds is 6. The monoisotopic (exact) mass is 465 g/mol. The number of nitrogens with zero attached hydrogens (tertiary/aromatic N) is 6. The number of benzene rings is 3. The summed E-state index contributed by atoms with van der Waals surface area (Å²) in [4.78, 5) is 13.5. The first-order valence-electron chi connectivity index (χ1n) is 11.0. The van der Waals surface area contributed by atoms with Gasteiger partial charge in [0.25, 0.3) is 5.91 Å². The summed E-state index contributed by atoms with van der Waals surface area (Å²) in [6.07, 6.45) is 1.74. The van der Waals surface area contributed by atoms with Crippen LogP contribution in [-0.4, -0.2) is 43.0 Å². The second-order valence-electron chi connectivity index (χ2n) is 8.06. The van der Waals surface area contributed by atoms with E-state index in [1.54, 1.807) is 29.7 Å². The minimum absolute atomic E-state index is 0.283. The summed E-state index contributed by atoms with van der Waals surface area (Å²) in [5.74, 6) is 1.00. The maximum Gasteiger partial charge on any atom is 0.259 e. The van der Waals surface area contributed by atoms with E-state index in [0.717, 1.165) is 22.4 Å². The molecule has 0 radical (unpaired) electrons. The van der Waals surface area contributed by atoms with Crippen LogP contribution in [0.2, 0.25) is 0 Å². The van der Waals surface area contributed by atoms with Crippen molar-refractivity contribution in [1.82, 2.24) is 30.0 Å². The Morgan fingerprint density at radius 1 is 0.971 bits per heavy atom. The zero-order valence-electron chi connectivity index (χ0n) is 19.5. The third kappa shape index (κ3) is 4.51. The molecular weight excluding hydrogens is 442 g/mol. The van der Waals surface area contributed by atoms with Crippen LogP contribution in [0.3, 0.4) is 0 Å². The zero-order chi connectivity index (χ0) is 24.4. The number of carbonyl (C=O) groups is 1. The Labute approximate surface area is 202 Å². The SMILES string of the molecule is COc1cccc(-c2nn(-c3ccc(C)cc3)cc2C(=O)Nc2cccc(-c3nnnn3C)c2)c1. The lowest BCUT2D eigenvalue weighted by molar-refractivity contribution is 0.102. The minimum atomic E-state index is -0.283. The molecule has 9 nitrogen and oxygen atoms in total. The van der Waals surface area contributed by atoms with Crippen molar-refractivity contribution in [1.29, 1.82) is 0 Å². The van der Waals surface area contributed by atoms with Crippen LogP contribution in [0.25, 0.3) is 28.3 Å². The summed E-state index contributed by atoms with van der Waals surface area (Å²) in [7, 11) is 3.37. The van der Waals surface area contributed by atoms with Crippen molar-refractivity contribution in [2.75, 3.05) is 12.4 Å². The molecule has 1 amide bonds. The molecule has 0 bridgehead atoms. The van der Waals surface area contributed by atoms with Gasteiger partial charge >= 0.3 is 0 Å². The molecule has 1 N–H and O–H groups in total. The van der Waals surface area contributed by atoms with Crippen LogP contribution >= 0.6 is 0 Å². The van der Waals surface area contributed by atoms with Gasteiger partial charge < -0.3 is 10.1 Å². The highest BCUT2D eigenvalue weighted by molar-refractivity contribution is 6.08. The van der Waals surface area contributed by atoms with E-state index < -0.39 is 0 Å². The predicted octanol–water partition coefficient (Wildman–Crippen LogP) is 4.30. The van der Waals surface area contributed by atoms with Crippen molar-refractivity contribution >= 4 is 11.6 Å². The topological polar surface area (TPSA) is 99.8 Å². The Morgan fingerprint density at radius 3 is 2.49 bits per heavy atom. The molecule has 0 spiro atoms. The number of hydrogen-bond donors (Lipinski definition) is 1. The molecule has 0 aliphatic rings. The van der Waals surface area contributed by atoms with Gasteiger partial charge in [-0.3, -0.25) is 4.79 Å².